The zero-order chi connectivity index (χ0) is 12.8. The molecule has 0 amide bonds. The van der Waals surface area contributed by atoms with Crippen molar-refractivity contribution < 1.29 is 4.79 Å². The minimum atomic E-state index is 0.273. The van der Waals surface area contributed by atoms with Crippen LogP contribution in [-0.4, -0.2) is 29.3 Å². The second-order valence-corrected chi connectivity index (χ2v) is 4.09. The Labute approximate surface area is 106 Å². The summed E-state index contributed by atoms with van der Waals surface area (Å²) in [5.41, 5.74) is 3.19. The van der Waals surface area contributed by atoms with Gasteiger partial charge in [0.1, 0.15) is 5.82 Å². The van der Waals surface area contributed by atoms with Crippen molar-refractivity contribution in [3.63, 3.8) is 0 Å². The summed E-state index contributed by atoms with van der Waals surface area (Å²) in [6.07, 6.45) is 2.61. The van der Waals surface area contributed by atoms with E-state index in [-0.39, 0.29) is 6.54 Å². The summed E-state index contributed by atoms with van der Waals surface area (Å²) >= 11 is 0. The fraction of sp³-hybridized carbons (Fsp3) is 0.286. The monoisotopic (exact) mass is 242 g/mol. The van der Waals surface area contributed by atoms with E-state index in [1.54, 1.807) is 0 Å². The lowest BCUT2D eigenvalue weighted by Gasteiger charge is -1.98. The van der Waals surface area contributed by atoms with E-state index in [4.69, 9.17) is 0 Å². The Morgan fingerprint density at radius 2 is 2.11 bits per heavy atom. The maximum absolute atomic E-state index is 10.1. The number of H-pyrrole nitrogens is 1. The molecular formula is C14H16N3O. The molecule has 0 spiro atoms. The third-order valence-electron chi connectivity index (χ3n) is 2.77. The highest BCUT2D eigenvalue weighted by Crippen LogP contribution is 2.17. The Hall–Kier alpha value is -1.94. The van der Waals surface area contributed by atoms with Crippen molar-refractivity contribution in [2.75, 3.05) is 13.1 Å². The molecule has 2 N–H and O–H groups in total. The number of rotatable bonds is 6. The Morgan fingerprint density at radius 1 is 1.33 bits per heavy atom. The van der Waals surface area contributed by atoms with Crippen molar-refractivity contribution >= 4 is 6.29 Å². The summed E-state index contributed by atoms with van der Waals surface area (Å²) in [5, 5.41) is 2.98. The molecule has 18 heavy (non-hydrogen) atoms. The highest BCUT2D eigenvalue weighted by atomic mass is 16.1. The average molecular weight is 242 g/mol. The first-order chi connectivity index (χ1) is 8.81. The molecule has 93 valence electrons. The van der Waals surface area contributed by atoms with Gasteiger partial charge in [0, 0.05) is 24.2 Å². The van der Waals surface area contributed by atoms with Gasteiger partial charge < -0.3 is 10.3 Å². The Kier molecular flexibility index (Phi) is 4.25. The number of hydrogen-bond acceptors (Lipinski definition) is 3. The third kappa shape index (κ3) is 3.05. The Balaban J connectivity index is 2.05. The van der Waals surface area contributed by atoms with Gasteiger partial charge in [0.25, 0.3) is 0 Å². The van der Waals surface area contributed by atoms with Gasteiger partial charge in [-0.25, -0.2) is 4.98 Å². The second-order valence-electron chi connectivity index (χ2n) is 4.09. The summed E-state index contributed by atoms with van der Waals surface area (Å²) in [4.78, 5) is 17.9. The first-order valence-corrected chi connectivity index (χ1v) is 5.98. The zero-order valence-corrected chi connectivity index (χ0v) is 10.4. The molecule has 2 aromatic rings. The molecule has 0 saturated heterocycles. The third-order valence-corrected chi connectivity index (χ3v) is 2.77. The molecule has 0 saturated carbocycles. The minimum absolute atomic E-state index is 0.273. The van der Waals surface area contributed by atoms with E-state index < -0.39 is 0 Å². The molecule has 0 aliphatic carbocycles. The van der Waals surface area contributed by atoms with Gasteiger partial charge in [0.15, 0.2) is 0 Å². The Bertz CT molecular complexity index is 505. The normalized spacial score (nSPS) is 10.5. The van der Waals surface area contributed by atoms with E-state index in [0.717, 1.165) is 35.7 Å². The van der Waals surface area contributed by atoms with Gasteiger partial charge in [-0.15, -0.1) is 0 Å². The molecule has 0 unspecified atom stereocenters. The summed E-state index contributed by atoms with van der Waals surface area (Å²) < 4.78 is 0. The molecule has 0 bridgehead atoms. The summed E-state index contributed by atoms with van der Waals surface area (Å²) in [5.74, 6) is 0.894. The first-order valence-electron chi connectivity index (χ1n) is 5.98. The number of aryl methyl sites for hydroxylation is 1. The van der Waals surface area contributed by atoms with Crippen LogP contribution in [0.15, 0.2) is 30.3 Å². The van der Waals surface area contributed by atoms with E-state index in [0.29, 0.717) is 0 Å². The van der Waals surface area contributed by atoms with E-state index in [9.17, 15) is 4.79 Å². The highest BCUT2D eigenvalue weighted by molar-refractivity contribution is 5.55. The molecule has 4 nitrogen and oxygen atoms in total. The Morgan fingerprint density at radius 3 is 2.83 bits per heavy atom. The highest BCUT2D eigenvalue weighted by Gasteiger charge is 2.07. The van der Waals surface area contributed by atoms with E-state index in [1.165, 1.54) is 0 Å². The fourth-order valence-electron chi connectivity index (χ4n) is 1.82. The predicted molar refractivity (Wildman–Crippen MR) is 71.0 cm³/mol. The number of aromatic nitrogens is 2. The maximum atomic E-state index is 10.1. The van der Waals surface area contributed by atoms with Gasteiger partial charge in [-0.2, -0.15) is 0 Å². The second kappa shape index (κ2) is 6.12. The summed E-state index contributed by atoms with van der Waals surface area (Å²) in [7, 11) is 0. The number of carbonyl (C=O) groups excluding carboxylic acids is 1. The van der Waals surface area contributed by atoms with Gasteiger partial charge in [-0.05, 0) is 6.92 Å². The maximum Gasteiger partial charge on any atom is 0.213 e. The van der Waals surface area contributed by atoms with E-state index in [2.05, 4.69) is 15.3 Å². The average Bonchev–Trinajstić information content (AvgIpc) is 2.77. The molecule has 1 heterocycles. The molecular weight excluding hydrogens is 226 g/mol. The standard InChI is InChI=1S/C14H16N3O/c1-11-13(7-8-15-9-10-18)17-14(16-11)12-5-3-2-4-6-12/h2-6,15H,7-9H2,1H3,(H,16,17). The van der Waals surface area contributed by atoms with Crippen LogP contribution in [0.3, 0.4) is 0 Å². The van der Waals surface area contributed by atoms with Crippen LogP contribution in [0.5, 0.6) is 0 Å². The molecule has 0 fully saturated rings. The minimum Gasteiger partial charge on any atom is -0.342 e. The SMILES string of the molecule is Cc1[nH]c(-c2ccccc2)nc1CCNC[C]=O. The van der Waals surface area contributed by atoms with Crippen LogP contribution < -0.4 is 5.32 Å². The lowest BCUT2D eigenvalue weighted by molar-refractivity contribution is 0.548. The quantitative estimate of drug-likeness (QED) is 0.757. The molecule has 1 aromatic carbocycles. The van der Waals surface area contributed by atoms with E-state index in [1.807, 2.05) is 43.5 Å². The van der Waals surface area contributed by atoms with Crippen LogP contribution in [0.4, 0.5) is 0 Å². The van der Waals surface area contributed by atoms with Gasteiger partial charge in [0.05, 0.1) is 12.2 Å². The van der Waals surface area contributed by atoms with Gasteiger partial charge in [-0.1, -0.05) is 30.3 Å². The number of nitrogens with one attached hydrogen (secondary N) is 2. The van der Waals surface area contributed by atoms with Crippen molar-refractivity contribution in [2.45, 2.75) is 13.3 Å². The van der Waals surface area contributed by atoms with Crippen LogP contribution >= 0.6 is 0 Å². The lowest BCUT2D eigenvalue weighted by Crippen LogP contribution is -2.19. The number of imidazole rings is 1. The molecule has 1 aromatic heterocycles. The lowest BCUT2D eigenvalue weighted by atomic mass is 10.2. The molecule has 4 heteroatoms. The van der Waals surface area contributed by atoms with Crippen molar-refractivity contribution in [1.82, 2.24) is 15.3 Å². The number of benzene rings is 1. The van der Waals surface area contributed by atoms with Crippen LogP contribution in [0.25, 0.3) is 11.4 Å². The van der Waals surface area contributed by atoms with Gasteiger partial charge >= 0.3 is 0 Å². The molecule has 0 aliphatic rings. The fourth-order valence-corrected chi connectivity index (χ4v) is 1.82. The van der Waals surface area contributed by atoms with Crippen molar-refractivity contribution in [3.05, 3.63) is 41.7 Å². The molecule has 2 rings (SSSR count). The van der Waals surface area contributed by atoms with Crippen LogP contribution in [0.1, 0.15) is 11.4 Å². The summed E-state index contributed by atoms with van der Waals surface area (Å²) in [6, 6.07) is 10.0. The van der Waals surface area contributed by atoms with Gasteiger partial charge in [-0.3, -0.25) is 4.79 Å². The largest absolute Gasteiger partial charge is 0.342 e. The first kappa shape index (κ1) is 12.5. The van der Waals surface area contributed by atoms with Crippen LogP contribution in [0.2, 0.25) is 0 Å². The van der Waals surface area contributed by atoms with Crippen molar-refractivity contribution in [3.8, 4) is 11.4 Å². The molecule has 1 radical (unpaired) electrons. The van der Waals surface area contributed by atoms with E-state index >= 15 is 0 Å². The topological polar surface area (TPSA) is 57.8 Å². The smallest absolute Gasteiger partial charge is 0.213 e. The number of hydrogen-bond donors (Lipinski definition) is 2. The summed E-state index contributed by atoms with van der Waals surface area (Å²) in [6.45, 7) is 3.02. The van der Waals surface area contributed by atoms with Crippen molar-refractivity contribution in [2.24, 2.45) is 0 Å². The number of aromatic amines is 1. The predicted octanol–water partition coefficient (Wildman–Crippen LogP) is 1.63. The number of nitrogens with zero attached hydrogens (tertiary/aromatic N) is 1. The van der Waals surface area contributed by atoms with Crippen molar-refractivity contribution in [1.29, 1.82) is 0 Å². The van der Waals surface area contributed by atoms with Crippen LogP contribution in [0, 0.1) is 6.92 Å². The molecule has 0 aliphatic heterocycles. The molecule has 0 atom stereocenters. The van der Waals surface area contributed by atoms with Crippen LogP contribution in [-0.2, 0) is 11.2 Å². The zero-order valence-electron chi connectivity index (χ0n) is 10.4. The van der Waals surface area contributed by atoms with Gasteiger partial charge in [0.2, 0.25) is 6.29 Å².